The smallest absolute Gasteiger partial charge is 0.354 e. The van der Waals surface area contributed by atoms with Gasteiger partial charge < -0.3 is 19.5 Å². The molecule has 0 spiro atoms. The molecule has 0 aromatic heterocycles. The normalized spacial score (nSPS) is 10.7. The van der Waals surface area contributed by atoms with Crippen LogP contribution in [0.2, 0.25) is 0 Å². The Morgan fingerprint density at radius 2 is 1.88 bits per heavy atom. The molecule has 26 heavy (non-hydrogen) atoms. The lowest BCUT2D eigenvalue weighted by atomic mass is 10.2. The van der Waals surface area contributed by atoms with Crippen LogP contribution in [-0.4, -0.2) is 49.9 Å². The van der Waals surface area contributed by atoms with Crippen LogP contribution in [0.15, 0.2) is 34.9 Å². The number of carbonyl (C=O) groups is 3. The minimum absolute atomic E-state index is 0.0975. The van der Waals surface area contributed by atoms with Gasteiger partial charge >= 0.3 is 17.9 Å². The molecule has 0 radical (unpaired) electrons. The number of benzene rings is 1. The Morgan fingerprint density at radius 3 is 2.42 bits per heavy atom. The standard InChI is InChI=1S/C15H16N2O8S/c1-23-13(18)7-10(15(20)25-3)16-9-4-5-12(11(6-9)17(21)22)26-8-14(19)24-2/h4-7,16H,8H2,1-3H3/b10-7+. The molecule has 1 rings (SSSR count). The third-order valence-electron chi connectivity index (χ3n) is 2.88. The van der Waals surface area contributed by atoms with Gasteiger partial charge in [0.25, 0.3) is 5.69 Å². The summed E-state index contributed by atoms with van der Waals surface area (Å²) in [6.45, 7) is 0. The molecule has 140 valence electrons. The number of ether oxygens (including phenoxy) is 3. The van der Waals surface area contributed by atoms with Gasteiger partial charge in [-0.3, -0.25) is 14.9 Å². The molecule has 0 amide bonds. The van der Waals surface area contributed by atoms with E-state index in [4.69, 9.17) is 0 Å². The summed E-state index contributed by atoms with van der Waals surface area (Å²) in [5.41, 5.74) is -0.380. The molecule has 0 heterocycles. The van der Waals surface area contributed by atoms with E-state index >= 15 is 0 Å². The van der Waals surface area contributed by atoms with Crippen molar-refractivity contribution >= 4 is 41.0 Å². The molecule has 0 fully saturated rings. The second kappa shape index (κ2) is 10.0. The largest absolute Gasteiger partial charge is 0.468 e. The number of nitrogens with one attached hydrogen (secondary N) is 1. The van der Waals surface area contributed by atoms with E-state index in [2.05, 4.69) is 19.5 Å². The molecule has 0 bridgehead atoms. The maximum Gasteiger partial charge on any atom is 0.354 e. The predicted molar refractivity (Wildman–Crippen MR) is 91.6 cm³/mol. The average molecular weight is 384 g/mol. The number of nitrogens with zero attached hydrogens (tertiary/aromatic N) is 1. The van der Waals surface area contributed by atoms with Gasteiger partial charge in [-0.1, -0.05) is 0 Å². The summed E-state index contributed by atoms with van der Waals surface area (Å²) in [6, 6.07) is 4.01. The zero-order chi connectivity index (χ0) is 19.7. The van der Waals surface area contributed by atoms with Gasteiger partial charge in [-0.2, -0.15) is 0 Å². The summed E-state index contributed by atoms with van der Waals surface area (Å²) < 4.78 is 13.5. The first-order valence-corrected chi connectivity index (χ1v) is 7.94. The first kappa shape index (κ1) is 21.0. The number of thioether (sulfide) groups is 1. The SMILES string of the molecule is COC(=O)/C=C(/Nc1ccc(SCC(=O)OC)c([N+](=O)[O-])c1)C(=O)OC. The first-order chi connectivity index (χ1) is 12.3. The molecule has 0 aliphatic rings. The van der Waals surface area contributed by atoms with Crippen molar-refractivity contribution in [1.82, 2.24) is 0 Å². The molecule has 1 aromatic rings. The average Bonchev–Trinajstić information content (AvgIpc) is 2.64. The van der Waals surface area contributed by atoms with E-state index in [1.807, 2.05) is 0 Å². The Balaban J connectivity index is 3.12. The van der Waals surface area contributed by atoms with Gasteiger partial charge in [-0.25, -0.2) is 9.59 Å². The summed E-state index contributed by atoms with van der Waals surface area (Å²) in [5, 5.41) is 13.8. The lowest BCUT2D eigenvalue weighted by Crippen LogP contribution is -2.15. The number of hydrogen-bond donors (Lipinski definition) is 1. The summed E-state index contributed by atoms with van der Waals surface area (Å²) in [7, 11) is 3.46. The monoisotopic (exact) mass is 384 g/mol. The van der Waals surface area contributed by atoms with Crippen LogP contribution in [0, 0.1) is 10.1 Å². The number of nitro benzene ring substituents is 1. The van der Waals surface area contributed by atoms with Crippen molar-refractivity contribution in [1.29, 1.82) is 0 Å². The Morgan fingerprint density at radius 1 is 1.19 bits per heavy atom. The van der Waals surface area contributed by atoms with E-state index in [-0.39, 0.29) is 27.7 Å². The van der Waals surface area contributed by atoms with Crippen LogP contribution in [0.4, 0.5) is 11.4 Å². The third kappa shape index (κ3) is 6.09. The van der Waals surface area contributed by atoms with Crippen LogP contribution >= 0.6 is 11.8 Å². The van der Waals surface area contributed by atoms with Crippen molar-refractivity contribution in [2.24, 2.45) is 0 Å². The number of anilines is 1. The fourth-order valence-corrected chi connectivity index (χ4v) is 2.48. The molecule has 0 aliphatic carbocycles. The van der Waals surface area contributed by atoms with Crippen LogP contribution in [0.25, 0.3) is 0 Å². The van der Waals surface area contributed by atoms with Gasteiger partial charge in [0.15, 0.2) is 0 Å². The van der Waals surface area contributed by atoms with Crippen molar-refractivity contribution in [3.63, 3.8) is 0 Å². The maximum atomic E-state index is 11.7. The zero-order valence-corrected chi connectivity index (χ0v) is 15.0. The number of rotatable bonds is 8. The Kier molecular flexibility index (Phi) is 8.09. The van der Waals surface area contributed by atoms with Crippen LogP contribution in [0.5, 0.6) is 0 Å². The van der Waals surface area contributed by atoms with E-state index in [0.29, 0.717) is 0 Å². The summed E-state index contributed by atoms with van der Waals surface area (Å²) >= 11 is 0.936. The molecule has 1 aromatic carbocycles. The fraction of sp³-hybridized carbons (Fsp3) is 0.267. The van der Waals surface area contributed by atoms with E-state index in [0.717, 1.165) is 38.1 Å². The highest BCUT2D eigenvalue weighted by atomic mass is 32.2. The fourth-order valence-electron chi connectivity index (χ4n) is 1.64. The predicted octanol–water partition coefficient (Wildman–Crippen LogP) is 1.50. The lowest BCUT2D eigenvalue weighted by Gasteiger charge is -2.10. The van der Waals surface area contributed by atoms with Gasteiger partial charge in [0.05, 0.1) is 43.0 Å². The molecule has 0 saturated carbocycles. The van der Waals surface area contributed by atoms with Gasteiger partial charge in [0.2, 0.25) is 0 Å². The highest BCUT2D eigenvalue weighted by molar-refractivity contribution is 8.00. The van der Waals surface area contributed by atoms with E-state index < -0.39 is 22.8 Å². The van der Waals surface area contributed by atoms with Crippen LogP contribution < -0.4 is 5.32 Å². The van der Waals surface area contributed by atoms with Crippen molar-refractivity contribution in [2.75, 3.05) is 32.4 Å². The van der Waals surface area contributed by atoms with Crippen LogP contribution in [-0.2, 0) is 28.6 Å². The number of methoxy groups -OCH3 is 3. The number of carbonyl (C=O) groups excluding carboxylic acids is 3. The second-order valence-electron chi connectivity index (χ2n) is 4.50. The summed E-state index contributed by atoms with van der Waals surface area (Å²) in [6.07, 6.45) is 0.859. The van der Waals surface area contributed by atoms with Crippen molar-refractivity contribution < 1.29 is 33.5 Å². The summed E-state index contributed by atoms with van der Waals surface area (Å²) in [5.74, 6) is -2.29. The van der Waals surface area contributed by atoms with Gasteiger partial charge in [0.1, 0.15) is 5.70 Å². The molecule has 0 atom stereocenters. The topological polar surface area (TPSA) is 134 Å². The second-order valence-corrected chi connectivity index (χ2v) is 5.52. The van der Waals surface area contributed by atoms with E-state index in [1.54, 1.807) is 0 Å². The number of nitro groups is 1. The van der Waals surface area contributed by atoms with E-state index in [1.165, 1.54) is 19.2 Å². The quantitative estimate of drug-likeness (QED) is 0.175. The molecule has 1 N–H and O–H groups in total. The molecule has 10 nitrogen and oxygen atoms in total. The molecule has 0 aliphatic heterocycles. The van der Waals surface area contributed by atoms with Gasteiger partial charge in [0, 0.05) is 11.8 Å². The maximum absolute atomic E-state index is 11.7. The molecule has 11 heteroatoms. The van der Waals surface area contributed by atoms with Crippen LogP contribution in [0.1, 0.15) is 0 Å². The third-order valence-corrected chi connectivity index (χ3v) is 3.91. The van der Waals surface area contributed by atoms with Crippen LogP contribution in [0.3, 0.4) is 0 Å². The highest BCUT2D eigenvalue weighted by Crippen LogP contribution is 2.32. The lowest BCUT2D eigenvalue weighted by molar-refractivity contribution is -0.387. The number of hydrogen-bond acceptors (Lipinski definition) is 10. The highest BCUT2D eigenvalue weighted by Gasteiger charge is 2.19. The van der Waals surface area contributed by atoms with Gasteiger partial charge in [-0.05, 0) is 12.1 Å². The zero-order valence-electron chi connectivity index (χ0n) is 14.1. The van der Waals surface area contributed by atoms with Crippen molar-refractivity contribution in [2.45, 2.75) is 4.90 Å². The Hall–Kier alpha value is -3.08. The van der Waals surface area contributed by atoms with Gasteiger partial charge in [-0.15, -0.1) is 11.8 Å². The molecule has 0 saturated heterocycles. The minimum atomic E-state index is -0.859. The first-order valence-electron chi connectivity index (χ1n) is 6.95. The number of esters is 3. The van der Waals surface area contributed by atoms with E-state index in [9.17, 15) is 24.5 Å². The van der Waals surface area contributed by atoms with Crippen molar-refractivity contribution in [3.05, 3.63) is 40.1 Å². The van der Waals surface area contributed by atoms with Crippen molar-refractivity contribution in [3.8, 4) is 0 Å². The summed E-state index contributed by atoms with van der Waals surface area (Å²) in [4.78, 5) is 45.1. The Bertz CT molecular complexity index is 747. The Labute approximate surface area is 152 Å². The minimum Gasteiger partial charge on any atom is -0.468 e. The molecular formula is C15H16N2O8S. The molecule has 0 unspecified atom stereocenters. The molecular weight excluding hydrogens is 368 g/mol.